The predicted octanol–water partition coefficient (Wildman–Crippen LogP) is 2.86. The van der Waals surface area contributed by atoms with E-state index >= 15 is 0 Å². The van der Waals surface area contributed by atoms with Gasteiger partial charge in [0.05, 0.1) is 0 Å². The normalized spacial score (nSPS) is 10.3. The molecule has 2 rings (SSSR count). The number of pyridine rings is 1. The number of aromatic carboxylic acids is 1. The molecule has 1 N–H and O–H groups in total. The number of hydrogen-bond acceptors (Lipinski definition) is 3. The Morgan fingerprint density at radius 3 is 2.75 bits per heavy atom. The standard InChI is InChI=1S/C15H15FN2O2/c1-10-6-7-13(15(19)20)14(17-10)18(2)9-11-4-3-5-12(16)8-11/h3-8H,9H2,1-2H3,(H,19,20). The maximum atomic E-state index is 13.2. The van der Waals surface area contributed by atoms with Crippen LogP contribution in [0.4, 0.5) is 10.2 Å². The van der Waals surface area contributed by atoms with Gasteiger partial charge in [-0.1, -0.05) is 12.1 Å². The first kappa shape index (κ1) is 14.0. The first-order valence-corrected chi connectivity index (χ1v) is 6.14. The summed E-state index contributed by atoms with van der Waals surface area (Å²) in [6.07, 6.45) is 0. The summed E-state index contributed by atoms with van der Waals surface area (Å²) in [5.41, 5.74) is 1.62. The van der Waals surface area contributed by atoms with Gasteiger partial charge in [-0.2, -0.15) is 0 Å². The minimum atomic E-state index is -1.03. The molecule has 0 saturated carbocycles. The van der Waals surface area contributed by atoms with Crippen molar-refractivity contribution in [3.8, 4) is 0 Å². The lowest BCUT2D eigenvalue weighted by atomic mass is 10.2. The predicted molar refractivity (Wildman–Crippen MR) is 74.4 cm³/mol. The molecule has 2 aromatic rings. The molecular weight excluding hydrogens is 259 g/mol. The molecule has 104 valence electrons. The van der Waals surface area contributed by atoms with Crippen LogP contribution in [0.3, 0.4) is 0 Å². The minimum Gasteiger partial charge on any atom is -0.478 e. The summed E-state index contributed by atoms with van der Waals surface area (Å²) < 4.78 is 13.2. The van der Waals surface area contributed by atoms with Gasteiger partial charge in [-0.15, -0.1) is 0 Å². The number of benzene rings is 1. The minimum absolute atomic E-state index is 0.134. The van der Waals surface area contributed by atoms with Crippen molar-refractivity contribution in [2.45, 2.75) is 13.5 Å². The fourth-order valence-electron chi connectivity index (χ4n) is 1.98. The van der Waals surface area contributed by atoms with Crippen LogP contribution in [0.15, 0.2) is 36.4 Å². The van der Waals surface area contributed by atoms with Crippen molar-refractivity contribution in [1.29, 1.82) is 0 Å². The van der Waals surface area contributed by atoms with Crippen molar-refractivity contribution in [2.24, 2.45) is 0 Å². The smallest absolute Gasteiger partial charge is 0.339 e. The van der Waals surface area contributed by atoms with E-state index in [1.807, 2.05) is 0 Å². The van der Waals surface area contributed by atoms with Gasteiger partial charge in [0.1, 0.15) is 17.2 Å². The Hall–Kier alpha value is -2.43. The molecule has 1 aromatic carbocycles. The summed E-state index contributed by atoms with van der Waals surface area (Å²) in [5.74, 6) is -0.966. The molecule has 0 spiro atoms. The molecular formula is C15H15FN2O2. The number of aryl methyl sites for hydroxylation is 1. The fraction of sp³-hybridized carbons (Fsp3) is 0.200. The summed E-state index contributed by atoms with van der Waals surface area (Å²) in [6, 6.07) is 9.39. The summed E-state index contributed by atoms with van der Waals surface area (Å²) >= 11 is 0. The van der Waals surface area contributed by atoms with Gasteiger partial charge in [-0.25, -0.2) is 14.2 Å². The number of hydrogen-bond donors (Lipinski definition) is 1. The molecule has 0 atom stereocenters. The molecule has 0 saturated heterocycles. The summed E-state index contributed by atoms with van der Waals surface area (Å²) in [7, 11) is 1.74. The molecule has 1 heterocycles. The molecule has 5 heteroatoms. The Morgan fingerprint density at radius 2 is 2.10 bits per heavy atom. The van der Waals surface area contributed by atoms with E-state index in [-0.39, 0.29) is 11.4 Å². The Morgan fingerprint density at radius 1 is 1.35 bits per heavy atom. The number of halogens is 1. The molecule has 4 nitrogen and oxygen atoms in total. The van der Waals surface area contributed by atoms with Crippen molar-refractivity contribution < 1.29 is 14.3 Å². The van der Waals surface area contributed by atoms with Crippen LogP contribution in [0.5, 0.6) is 0 Å². The lowest BCUT2D eigenvalue weighted by Crippen LogP contribution is -2.21. The quantitative estimate of drug-likeness (QED) is 0.931. The third kappa shape index (κ3) is 3.12. The molecule has 0 fully saturated rings. The van der Waals surface area contributed by atoms with Gasteiger partial charge in [0.15, 0.2) is 0 Å². The Bertz CT molecular complexity index is 644. The molecule has 20 heavy (non-hydrogen) atoms. The van der Waals surface area contributed by atoms with Gasteiger partial charge in [-0.05, 0) is 36.8 Å². The molecule has 0 aliphatic rings. The molecule has 0 aliphatic heterocycles. The summed E-state index contributed by atoms with van der Waals surface area (Å²) in [4.78, 5) is 17.2. The van der Waals surface area contributed by atoms with Crippen LogP contribution < -0.4 is 4.90 Å². The average Bonchev–Trinajstić information content (AvgIpc) is 2.38. The van der Waals surface area contributed by atoms with Crippen LogP contribution in [0.2, 0.25) is 0 Å². The van der Waals surface area contributed by atoms with Crippen LogP contribution >= 0.6 is 0 Å². The number of nitrogens with zero attached hydrogens (tertiary/aromatic N) is 2. The molecule has 1 aromatic heterocycles. The second kappa shape index (κ2) is 5.69. The highest BCUT2D eigenvalue weighted by molar-refractivity contribution is 5.93. The fourth-order valence-corrected chi connectivity index (χ4v) is 1.98. The zero-order valence-electron chi connectivity index (χ0n) is 11.3. The van der Waals surface area contributed by atoms with E-state index in [2.05, 4.69) is 4.98 Å². The lowest BCUT2D eigenvalue weighted by Gasteiger charge is -2.20. The van der Waals surface area contributed by atoms with E-state index in [1.165, 1.54) is 18.2 Å². The number of carboxylic acids is 1. The van der Waals surface area contributed by atoms with Crippen molar-refractivity contribution in [2.75, 3.05) is 11.9 Å². The number of anilines is 1. The van der Waals surface area contributed by atoms with E-state index in [0.717, 1.165) is 11.3 Å². The van der Waals surface area contributed by atoms with Gasteiger partial charge in [0.25, 0.3) is 0 Å². The van der Waals surface area contributed by atoms with Crippen LogP contribution in [-0.4, -0.2) is 23.1 Å². The van der Waals surface area contributed by atoms with Gasteiger partial charge in [-0.3, -0.25) is 0 Å². The zero-order valence-corrected chi connectivity index (χ0v) is 11.3. The maximum absolute atomic E-state index is 13.2. The Labute approximate surface area is 116 Å². The highest BCUT2D eigenvalue weighted by atomic mass is 19.1. The van der Waals surface area contributed by atoms with Crippen molar-refractivity contribution >= 4 is 11.8 Å². The molecule has 0 amide bonds. The molecule has 0 bridgehead atoms. The molecule has 0 radical (unpaired) electrons. The molecule has 0 aliphatic carbocycles. The van der Waals surface area contributed by atoms with Gasteiger partial charge >= 0.3 is 5.97 Å². The van der Waals surface area contributed by atoms with Gasteiger partial charge in [0.2, 0.25) is 0 Å². The lowest BCUT2D eigenvalue weighted by molar-refractivity contribution is 0.0697. The number of carbonyl (C=O) groups is 1. The average molecular weight is 274 g/mol. The largest absolute Gasteiger partial charge is 0.478 e. The third-order valence-corrected chi connectivity index (χ3v) is 2.92. The van der Waals surface area contributed by atoms with Gasteiger partial charge < -0.3 is 10.0 Å². The summed E-state index contributed by atoms with van der Waals surface area (Å²) in [5, 5.41) is 9.19. The zero-order chi connectivity index (χ0) is 14.7. The number of rotatable bonds is 4. The second-order valence-corrected chi connectivity index (χ2v) is 4.61. The van der Waals surface area contributed by atoms with Crippen molar-refractivity contribution in [3.05, 3.63) is 59.0 Å². The number of aromatic nitrogens is 1. The first-order chi connectivity index (χ1) is 9.47. The Balaban J connectivity index is 2.31. The monoisotopic (exact) mass is 274 g/mol. The van der Waals surface area contributed by atoms with Crippen LogP contribution in [0.1, 0.15) is 21.6 Å². The second-order valence-electron chi connectivity index (χ2n) is 4.61. The van der Waals surface area contributed by atoms with Crippen LogP contribution in [-0.2, 0) is 6.54 Å². The first-order valence-electron chi connectivity index (χ1n) is 6.14. The van der Waals surface area contributed by atoms with E-state index in [9.17, 15) is 14.3 Å². The van der Waals surface area contributed by atoms with Gasteiger partial charge in [0, 0.05) is 19.3 Å². The van der Waals surface area contributed by atoms with Crippen molar-refractivity contribution in [1.82, 2.24) is 4.98 Å². The van der Waals surface area contributed by atoms with E-state index < -0.39 is 5.97 Å². The van der Waals surface area contributed by atoms with E-state index in [1.54, 1.807) is 37.1 Å². The third-order valence-electron chi connectivity index (χ3n) is 2.92. The SMILES string of the molecule is Cc1ccc(C(=O)O)c(N(C)Cc2cccc(F)c2)n1. The van der Waals surface area contributed by atoms with E-state index in [0.29, 0.717) is 12.4 Å². The highest BCUT2D eigenvalue weighted by Crippen LogP contribution is 2.19. The number of carboxylic acid groups (broad SMARTS) is 1. The maximum Gasteiger partial charge on any atom is 0.339 e. The Kier molecular flexibility index (Phi) is 3.98. The van der Waals surface area contributed by atoms with Crippen LogP contribution in [0, 0.1) is 12.7 Å². The molecule has 0 unspecified atom stereocenters. The van der Waals surface area contributed by atoms with Crippen LogP contribution in [0.25, 0.3) is 0 Å². The van der Waals surface area contributed by atoms with E-state index in [4.69, 9.17) is 0 Å². The topological polar surface area (TPSA) is 53.4 Å². The summed E-state index contributed by atoms with van der Waals surface area (Å²) in [6.45, 7) is 2.18. The highest BCUT2D eigenvalue weighted by Gasteiger charge is 2.15. The van der Waals surface area contributed by atoms with Crippen molar-refractivity contribution in [3.63, 3.8) is 0 Å².